The van der Waals surface area contributed by atoms with Gasteiger partial charge in [0, 0.05) is 22.8 Å². The molecule has 3 atom stereocenters. The minimum Gasteiger partial charge on any atom is -0.341 e. The highest BCUT2D eigenvalue weighted by Crippen LogP contribution is 2.38. The van der Waals surface area contributed by atoms with Crippen LogP contribution in [-0.4, -0.2) is 43.7 Å². The Morgan fingerprint density at radius 3 is 2.44 bits per heavy atom. The minimum absolute atomic E-state index is 0.211. The molecule has 0 heterocycles. The van der Waals surface area contributed by atoms with E-state index in [1.165, 1.54) is 13.2 Å². The first-order valence-electron chi connectivity index (χ1n) is 4.55. The Bertz CT molecular complexity index is 318. The summed E-state index contributed by atoms with van der Waals surface area (Å²) < 4.78 is 21.5. The predicted octanol–water partition coefficient (Wildman–Crippen LogP) is -1.28. The molecule has 0 fully saturated rings. The van der Waals surface area contributed by atoms with E-state index in [0.29, 0.717) is 0 Å². The summed E-state index contributed by atoms with van der Waals surface area (Å²) in [5.74, 6) is -1.64. The number of hydrogen-bond donors (Lipinski definition) is 4. The largest absolute Gasteiger partial charge is 0.347 e. The molecule has 0 aromatic rings. The van der Waals surface area contributed by atoms with Gasteiger partial charge in [0.15, 0.2) is 0 Å². The maximum atomic E-state index is 11.3. The van der Waals surface area contributed by atoms with Crippen LogP contribution in [0.2, 0.25) is 0 Å². The maximum absolute atomic E-state index is 11.3. The highest BCUT2D eigenvalue weighted by Gasteiger charge is 2.27. The smallest absolute Gasteiger partial charge is 0.341 e. The van der Waals surface area contributed by atoms with Gasteiger partial charge in [0.25, 0.3) is 0 Å². The zero-order valence-corrected chi connectivity index (χ0v) is 10.8. The van der Waals surface area contributed by atoms with Gasteiger partial charge in [-0.05, 0) is 13.3 Å². The highest BCUT2D eigenvalue weighted by atomic mass is 32.2. The van der Waals surface area contributed by atoms with Gasteiger partial charge in [-0.3, -0.25) is 13.6 Å². The summed E-state index contributed by atoms with van der Waals surface area (Å²) in [6.45, 7) is 1.20. The molecule has 5 N–H and O–H groups in total. The van der Waals surface area contributed by atoms with E-state index in [0.717, 1.165) is 0 Å². The Hall–Kier alpha value is -0.270. The van der Waals surface area contributed by atoms with Crippen molar-refractivity contribution in [1.82, 2.24) is 5.32 Å². The van der Waals surface area contributed by atoms with E-state index in [1.54, 1.807) is 0 Å². The molecule has 0 aliphatic carbocycles. The van der Waals surface area contributed by atoms with Gasteiger partial charge < -0.3 is 20.8 Å². The lowest BCUT2D eigenvalue weighted by Gasteiger charge is -2.18. The van der Waals surface area contributed by atoms with Crippen molar-refractivity contribution in [2.75, 3.05) is 12.0 Å². The number of hydrogen-bond acceptors (Lipinski definition) is 4. The lowest BCUT2D eigenvalue weighted by molar-refractivity contribution is -0.122. The minimum atomic E-state index is -4.34. The molecular formula is C7H17N2O5PS. The zero-order chi connectivity index (χ0) is 12.9. The molecule has 0 aliphatic rings. The van der Waals surface area contributed by atoms with Crippen molar-refractivity contribution in [3.63, 3.8) is 0 Å². The Morgan fingerprint density at radius 1 is 1.56 bits per heavy atom. The Kier molecular flexibility index (Phi) is 6.35. The highest BCUT2D eigenvalue weighted by molar-refractivity contribution is 7.84. The van der Waals surface area contributed by atoms with Gasteiger partial charge in [0.2, 0.25) is 5.91 Å². The Morgan fingerprint density at radius 2 is 2.06 bits per heavy atom. The van der Waals surface area contributed by atoms with Crippen molar-refractivity contribution in [2.24, 2.45) is 5.73 Å². The van der Waals surface area contributed by atoms with E-state index in [9.17, 15) is 13.6 Å². The standard InChI is InChI=1S/C7H17N2O5PS/c1-5(15(11,12)13)9-7(10)6(8)3-4-16(2)14/h5-6H,3-4,8H2,1-2H3,(H,9,10)(H2,11,12,13)/t5-,6-,16?/m0/s1. The fraction of sp³-hybridized carbons (Fsp3) is 0.857. The van der Waals surface area contributed by atoms with Gasteiger partial charge in [-0.25, -0.2) is 0 Å². The first-order valence-corrected chi connectivity index (χ1v) is 7.96. The van der Waals surface area contributed by atoms with Crippen molar-refractivity contribution < 1.29 is 23.4 Å². The molecule has 0 bridgehead atoms. The van der Waals surface area contributed by atoms with E-state index in [-0.39, 0.29) is 12.2 Å². The average Bonchev–Trinajstić information content (AvgIpc) is 2.12. The Balaban J connectivity index is 4.16. The molecule has 0 saturated heterocycles. The Labute approximate surface area is 96.4 Å². The number of carbonyl (C=O) groups is 1. The first kappa shape index (κ1) is 15.7. The van der Waals surface area contributed by atoms with Crippen LogP contribution < -0.4 is 11.1 Å². The molecule has 0 saturated carbocycles. The lowest BCUT2D eigenvalue weighted by atomic mass is 10.2. The van der Waals surface area contributed by atoms with Crippen molar-refractivity contribution in [3.8, 4) is 0 Å². The van der Waals surface area contributed by atoms with Crippen molar-refractivity contribution in [2.45, 2.75) is 25.2 Å². The fourth-order valence-corrected chi connectivity index (χ4v) is 1.70. The van der Waals surface area contributed by atoms with Crippen LogP contribution in [-0.2, 0) is 20.2 Å². The lowest BCUT2D eigenvalue weighted by Crippen LogP contribution is -2.44. The SMILES string of the molecule is C[C@@H](NC(=O)[C@@H](N)CCS(C)=O)P(=O)(O)O. The summed E-state index contributed by atoms with van der Waals surface area (Å²) >= 11 is 0. The predicted molar refractivity (Wildman–Crippen MR) is 61.2 cm³/mol. The van der Waals surface area contributed by atoms with Crippen LogP contribution in [0.5, 0.6) is 0 Å². The van der Waals surface area contributed by atoms with Gasteiger partial charge in [0.1, 0.15) is 5.78 Å². The molecule has 1 amide bonds. The molecule has 0 rings (SSSR count). The van der Waals surface area contributed by atoms with Crippen LogP contribution in [0.4, 0.5) is 0 Å². The molecular weight excluding hydrogens is 255 g/mol. The molecule has 0 aliphatic heterocycles. The molecule has 16 heavy (non-hydrogen) atoms. The van der Waals surface area contributed by atoms with Crippen LogP contribution >= 0.6 is 7.60 Å². The summed E-state index contributed by atoms with van der Waals surface area (Å²) in [4.78, 5) is 28.8. The second kappa shape index (κ2) is 6.46. The summed E-state index contributed by atoms with van der Waals surface area (Å²) in [6.07, 6.45) is 1.70. The van der Waals surface area contributed by atoms with E-state index >= 15 is 0 Å². The molecule has 9 heteroatoms. The number of amides is 1. The van der Waals surface area contributed by atoms with Gasteiger partial charge >= 0.3 is 7.60 Å². The normalized spacial score (nSPS) is 17.6. The van der Waals surface area contributed by atoms with Crippen LogP contribution in [0.1, 0.15) is 13.3 Å². The summed E-state index contributed by atoms with van der Waals surface area (Å²) in [7, 11) is -5.38. The molecule has 0 radical (unpaired) electrons. The molecule has 7 nitrogen and oxygen atoms in total. The van der Waals surface area contributed by atoms with Crippen molar-refractivity contribution in [1.29, 1.82) is 0 Å². The fourth-order valence-electron chi connectivity index (χ4n) is 0.821. The van der Waals surface area contributed by atoms with Crippen molar-refractivity contribution >= 4 is 24.3 Å². The molecule has 1 unspecified atom stereocenters. The van der Waals surface area contributed by atoms with Crippen LogP contribution in [0.25, 0.3) is 0 Å². The van der Waals surface area contributed by atoms with Crippen LogP contribution in [0, 0.1) is 0 Å². The quantitative estimate of drug-likeness (QED) is 0.446. The van der Waals surface area contributed by atoms with Crippen LogP contribution in [0.15, 0.2) is 0 Å². The monoisotopic (exact) mass is 272 g/mol. The molecule has 0 aromatic heterocycles. The molecule has 0 aromatic carbocycles. The molecule has 0 spiro atoms. The van der Waals surface area contributed by atoms with Gasteiger partial charge in [-0.1, -0.05) is 0 Å². The number of carbonyl (C=O) groups excluding carboxylic acids is 1. The second-order valence-electron chi connectivity index (χ2n) is 3.45. The van der Waals surface area contributed by atoms with Gasteiger partial charge in [-0.2, -0.15) is 0 Å². The summed E-state index contributed by atoms with van der Waals surface area (Å²) in [5, 5.41) is 2.12. The number of rotatable bonds is 6. The second-order valence-corrected chi connectivity index (χ2v) is 6.95. The average molecular weight is 272 g/mol. The van der Waals surface area contributed by atoms with E-state index in [1.807, 2.05) is 0 Å². The number of nitrogens with two attached hydrogens (primary N) is 1. The topological polar surface area (TPSA) is 130 Å². The first-order chi connectivity index (χ1) is 7.14. The number of nitrogens with one attached hydrogen (secondary N) is 1. The summed E-state index contributed by atoms with van der Waals surface area (Å²) in [5.41, 5.74) is 5.46. The van der Waals surface area contributed by atoms with E-state index < -0.39 is 36.1 Å². The maximum Gasteiger partial charge on any atom is 0.347 e. The van der Waals surface area contributed by atoms with Gasteiger partial charge in [0.05, 0.1) is 6.04 Å². The summed E-state index contributed by atoms with van der Waals surface area (Å²) in [6, 6.07) is -0.905. The van der Waals surface area contributed by atoms with E-state index in [4.69, 9.17) is 15.5 Å². The van der Waals surface area contributed by atoms with Crippen LogP contribution in [0.3, 0.4) is 0 Å². The molecule has 96 valence electrons. The van der Waals surface area contributed by atoms with Gasteiger partial charge in [-0.15, -0.1) is 0 Å². The zero-order valence-electron chi connectivity index (χ0n) is 9.12. The third-order valence-corrected chi connectivity index (χ3v) is 3.86. The third-order valence-electron chi connectivity index (χ3n) is 1.91. The third kappa shape index (κ3) is 6.34. The van der Waals surface area contributed by atoms with E-state index in [2.05, 4.69) is 5.32 Å². The van der Waals surface area contributed by atoms with Crippen molar-refractivity contribution in [3.05, 3.63) is 0 Å².